The van der Waals surface area contributed by atoms with Gasteiger partial charge in [-0.1, -0.05) is 0 Å². The Balaban J connectivity index is 1.92. The molecule has 0 atom stereocenters. The first-order valence-electron chi connectivity index (χ1n) is 7.87. The largest absolute Gasteiger partial charge is 0.357 e. The minimum atomic E-state index is 0.569. The van der Waals surface area contributed by atoms with E-state index in [1.807, 2.05) is 40.7 Å². The number of fused-ring (bicyclic) bond motifs is 1. The first-order chi connectivity index (χ1) is 11.2. The van der Waals surface area contributed by atoms with Crippen molar-refractivity contribution in [2.75, 3.05) is 25.1 Å². The Hall–Kier alpha value is -1.21. The number of guanidine groups is 1. The number of rotatable bonds is 8. The standard InChI is InChI=1S/C16H24BrN5S/c1-3-18-16(19-8-4-5-9-23-2)20-10-14-12-22-11-13(17)6-7-15(22)21-14/h6-7,11-12H,3-5,8-10H2,1-2H3,(H2,18,19,20). The van der Waals surface area contributed by atoms with Gasteiger partial charge >= 0.3 is 0 Å². The Labute approximate surface area is 150 Å². The summed E-state index contributed by atoms with van der Waals surface area (Å²) in [6.45, 7) is 4.45. The van der Waals surface area contributed by atoms with Gasteiger partial charge in [-0.25, -0.2) is 9.98 Å². The first kappa shape index (κ1) is 18.1. The van der Waals surface area contributed by atoms with Crippen LogP contribution in [0.2, 0.25) is 0 Å². The third kappa shape index (κ3) is 6.06. The van der Waals surface area contributed by atoms with Gasteiger partial charge in [-0.05, 0) is 59.8 Å². The van der Waals surface area contributed by atoms with Gasteiger partial charge in [0.25, 0.3) is 0 Å². The highest BCUT2D eigenvalue weighted by atomic mass is 79.9. The van der Waals surface area contributed by atoms with Crippen molar-refractivity contribution in [3.8, 4) is 0 Å². The van der Waals surface area contributed by atoms with E-state index in [4.69, 9.17) is 0 Å². The molecule has 0 aromatic carbocycles. The lowest BCUT2D eigenvalue weighted by Gasteiger charge is -2.10. The number of hydrogen-bond acceptors (Lipinski definition) is 3. The second kappa shape index (κ2) is 9.82. The van der Waals surface area contributed by atoms with Gasteiger partial charge < -0.3 is 15.0 Å². The molecule has 0 radical (unpaired) electrons. The maximum absolute atomic E-state index is 4.62. The number of thioether (sulfide) groups is 1. The summed E-state index contributed by atoms with van der Waals surface area (Å²) in [6, 6.07) is 3.99. The average molecular weight is 398 g/mol. The zero-order valence-electron chi connectivity index (χ0n) is 13.7. The molecule has 0 aliphatic rings. The van der Waals surface area contributed by atoms with Gasteiger partial charge in [0.15, 0.2) is 5.96 Å². The second-order valence-electron chi connectivity index (χ2n) is 5.17. The molecule has 126 valence electrons. The quantitative estimate of drug-likeness (QED) is 0.407. The van der Waals surface area contributed by atoms with E-state index < -0.39 is 0 Å². The number of aromatic nitrogens is 2. The Kier molecular flexibility index (Phi) is 7.74. The van der Waals surface area contributed by atoms with Crippen LogP contribution >= 0.6 is 27.7 Å². The van der Waals surface area contributed by atoms with E-state index >= 15 is 0 Å². The molecule has 0 aliphatic carbocycles. The number of aliphatic imine (C=N–C) groups is 1. The third-order valence-electron chi connectivity index (χ3n) is 3.28. The molecule has 2 aromatic heterocycles. The van der Waals surface area contributed by atoms with Gasteiger partial charge in [-0.3, -0.25) is 0 Å². The van der Waals surface area contributed by atoms with Crippen LogP contribution in [0.4, 0.5) is 0 Å². The summed E-state index contributed by atoms with van der Waals surface area (Å²) in [5, 5.41) is 6.66. The van der Waals surface area contributed by atoms with Crippen molar-refractivity contribution in [3.63, 3.8) is 0 Å². The number of nitrogens with zero attached hydrogens (tertiary/aromatic N) is 3. The van der Waals surface area contributed by atoms with Crippen molar-refractivity contribution >= 4 is 39.3 Å². The molecule has 2 aromatic rings. The molecule has 0 fully saturated rings. The number of nitrogens with one attached hydrogen (secondary N) is 2. The van der Waals surface area contributed by atoms with Gasteiger partial charge in [-0.2, -0.15) is 11.8 Å². The summed E-state index contributed by atoms with van der Waals surface area (Å²) in [6.07, 6.45) is 8.56. The van der Waals surface area contributed by atoms with Gasteiger partial charge in [0, 0.05) is 30.0 Å². The van der Waals surface area contributed by atoms with E-state index in [9.17, 15) is 0 Å². The normalized spacial score (nSPS) is 11.9. The fraction of sp³-hybridized carbons (Fsp3) is 0.500. The summed E-state index contributed by atoms with van der Waals surface area (Å²) in [5.41, 5.74) is 1.90. The van der Waals surface area contributed by atoms with Gasteiger partial charge in [0.1, 0.15) is 5.65 Å². The fourth-order valence-electron chi connectivity index (χ4n) is 2.17. The zero-order valence-corrected chi connectivity index (χ0v) is 16.1. The Bertz CT molecular complexity index is 640. The topological polar surface area (TPSA) is 53.7 Å². The molecule has 0 bridgehead atoms. The molecule has 23 heavy (non-hydrogen) atoms. The summed E-state index contributed by atoms with van der Waals surface area (Å²) >= 11 is 5.37. The molecule has 5 nitrogen and oxygen atoms in total. The van der Waals surface area contributed by atoms with Gasteiger partial charge in [0.2, 0.25) is 0 Å². The van der Waals surface area contributed by atoms with Crippen molar-refractivity contribution in [3.05, 3.63) is 34.7 Å². The van der Waals surface area contributed by atoms with Crippen molar-refractivity contribution in [1.82, 2.24) is 20.0 Å². The maximum Gasteiger partial charge on any atom is 0.191 e. The minimum absolute atomic E-state index is 0.569. The lowest BCUT2D eigenvalue weighted by atomic mass is 10.3. The smallest absolute Gasteiger partial charge is 0.191 e. The first-order valence-corrected chi connectivity index (χ1v) is 10.1. The number of pyridine rings is 1. The van der Waals surface area contributed by atoms with Crippen LogP contribution in [0.5, 0.6) is 0 Å². The molecule has 0 aliphatic heterocycles. The van der Waals surface area contributed by atoms with Crippen LogP contribution in [-0.2, 0) is 6.54 Å². The zero-order chi connectivity index (χ0) is 16.5. The SMILES string of the molecule is CCNC(=NCc1cn2cc(Br)ccc2n1)NCCCCSC. The number of hydrogen-bond donors (Lipinski definition) is 2. The van der Waals surface area contributed by atoms with Crippen molar-refractivity contribution in [2.24, 2.45) is 4.99 Å². The summed E-state index contributed by atoms with van der Waals surface area (Å²) < 4.78 is 3.05. The van der Waals surface area contributed by atoms with Crippen molar-refractivity contribution in [1.29, 1.82) is 0 Å². The van der Waals surface area contributed by atoms with E-state index in [2.05, 4.69) is 49.7 Å². The Morgan fingerprint density at radius 1 is 1.30 bits per heavy atom. The fourth-order valence-corrected chi connectivity index (χ4v) is 3.02. The predicted octanol–water partition coefficient (Wildman–Crippen LogP) is 3.30. The molecule has 0 unspecified atom stereocenters. The van der Waals surface area contributed by atoms with Gasteiger partial charge in [0.05, 0.1) is 12.2 Å². The lowest BCUT2D eigenvalue weighted by molar-refractivity contribution is 0.734. The molecule has 0 spiro atoms. The minimum Gasteiger partial charge on any atom is -0.357 e. The van der Waals surface area contributed by atoms with Crippen LogP contribution in [0.3, 0.4) is 0 Å². The van der Waals surface area contributed by atoms with E-state index in [1.54, 1.807) is 0 Å². The van der Waals surface area contributed by atoms with Crippen LogP contribution < -0.4 is 10.6 Å². The summed E-state index contributed by atoms with van der Waals surface area (Å²) in [4.78, 5) is 9.20. The lowest BCUT2D eigenvalue weighted by Crippen LogP contribution is -2.37. The van der Waals surface area contributed by atoms with Crippen LogP contribution in [0.25, 0.3) is 5.65 Å². The van der Waals surface area contributed by atoms with Crippen LogP contribution in [0.15, 0.2) is 34.0 Å². The van der Waals surface area contributed by atoms with Crippen molar-refractivity contribution in [2.45, 2.75) is 26.3 Å². The molecular formula is C16H24BrN5S. The Morgan fingerprint density at radius 2 is 2.17 bits per heavy atom. The molecule has 0 saturated heterocycles. The highest BCUT2D eigenvalue weighted by Crippen LogP contribution is 2.12. The Morgan fingerprint density at radius 3 is 2.96 bits per heavy atom. The van der Waals surface area contributed by atoms with E-state index in [1.165, 1.54) is 12.2 Å². The van der Waals surface area contributed by atoms with E-state index in [0.717, 1.165) is 41.3 Å². The molecule has 2 N–H and O–H groups in total. The number of unbranched alkanes of at least 4 members (excludes halogenated alkanes) is 1. The summed E-state index contributed by atoms with van der Waals surface area (Å²) in [5.74, 6) is 2.07. The molecule has 2 rings (SSSR count). The van der Waals surface area contributed by atoms with E-state index in [0.29, 0.717) is 6.54 Å². The maximum atomic E-state index is 4.62. The van der Waals surface area contributed by atoms with Crippen LogP contribution in [0, 0.1) is 0 Å². The summed E-state index contributed by atoms with van der Waals surface area (Å²) in [7, 11) is 0. The monoisotopic (exact) mass is 397 g/mol. The van der Waals surface area contributed by atoms with Crippen molar-refractivity contribution < 1.29 is 0 Å². The molecule has 2 heterocycles. The molecular weight excluding hydrogens is 374 g/mol. The molecule has 0 amide bonds. The highest BCUT2D eigenvalue weighted by molar-refractivity contribution is 9.10. The van der Waals surface area contributed by atoms with Crippen LogP contribution in [-0.4, -0.2) is 40.4 Å². The molecule has 0 saturated carbocycles. The third-order valence-corrected chi connectivity index (χ3v) is 4.44. The average Bonchev–Trinajstić information content (AvgIpc) is 2.94. The second-order valence-corrected chi connectivity index (χ2v) is 7.07. The van der Waals surface area contributed by atoms with Gasteiger partial charge in [-0.15, -0.1) is 0 Å². The molecule has 7 heteroatoms. The predicted molar refractivity (Wildman–Crippen MR) is 103 cm³/mol. The van der Waals surface area contributed by atoms with Crippen LogP contribution in [0.1, 0.15) is 25.5 Å². The number of halogens is 1. The number of imidazole rings is 1. The highest BCUT2D eigenvalue weighted by Gasteiger charge is 2.02. The van der Waals surface area contributed by atoms with E-state index in [-0.39, 0.29) is 0 Å².